The van der Waals surface area contributed by atoms with E-state index in [0.717, 1.165) is 0 Å². The minimum Gasteiger partial charge on any atom is -0.481 e. The van der Waals surface area contributed by atoms with Crippen LogP contribution < -0.4 is 14.8 Å². The van der Waals surface area contributed by atoms with Crippen molar-refractivity contribution in [2.24, 2.45) is 0 Å². The molecule has 0 radical (unpaired) electrons. The topological polar surface area (TPSA) is 93.7 Å². The molecule has 0 fully saturated rings. The molecule has 1 aromatic carbocycles. The average molecular weight is 344 g/mol. The van der Waals surface area contributed by atoms with Gasteiger partial charge in [0, 0.05) is 26.8 Å². The number of amides is 1. The lowest BCUT2D eigenvalue weighted by Crippen LogP contribution is -2.33. The lowest BCUT2D eigenvalue weighted by molar-refractivity contribution is -0.126. The Hall–Kier alpha value is -1.64. The van der Waals surface area contributed by atoms with Crippen LogP contribution in [0.15, 0.2) is 29.2 Å². The molecule has 23 heavy (non-hydrogen) atoms. The molecule has 1 aromatic rings. The van der Waals surface area contributed by atoms with Crippen molar-refractivity contribution in [3.05, 3.63) is 24.3 Å². The summed E-state index contributed by atoms with van der Waals surface area (Å²) < 4.78 is 37.3. The van der Waals surface area contributed by atoms with Crippen molar-refractivity contribution in [2.75, 3.05) is 26.8 Å². The summed E-state index contributed by atoms with van der Waals surface area (Å²) in [4.78, 5) is 11.5. The zero-order chi connectivity index (χ0) is 17.3. The Kier molecular flexibility index (Phi) is 8.01. The predicted molar refractivity (Wildman–Crippen MR) is 86.9 cm³/mol. The van der Waals surface area contributed by atoms with Gasteiger partial charge in [-0.1, -0.05) is 0 Å². The Morgan fingerprint density at radius 3 is 2.48 bits per heavy atom. The number of carbonyl (C=O) groups is 1. The standard InChI is InChI=1S/C15H24N2O5S/c1-4-21-11-5-10-17-23(19,20)14-8-6-13(7-9-14)22-12(2)15(18)16-3/h6-9,12,17H,4-5,10-11H2,1-3H3,(H,16,18)/t12-/m1/s1. The first-order chi connectivity index (χ1) is 10.9. The lowest BCUT2D eigenvalue weighted by Gasteiger charge is -2.13. The molecule has 0 aliphatic rings. The van der Waals surface area contributed by atoms with E-state index in [1.165, 1.54) is 31.3 Å². The van der Waals surface area contributed by atoms with E-state index in [1.807, 2.05) is 6.92 Å². The summed E-state index contributed by atoms with van der Waals surface area (Å²) in [6.45, 7) is 4.95. The highest BCUT2D eigenvalue weighted by molar-refractivity contribution is 7.89. The summed E-state index contributed by atoms with van der Waals surface area (Å²) in [5.41, 5.74) is 0. The van der Waals surface area contributed by atoms with Crippen LogP contribution in [0.25, 0.3) is 0 Å². The fourth-order valence-electron chi connectivity index (χ4n) is 1.77. The first kappa shape index (κ1) is 19.4. The third kappa shape index (κ3) is 6.55. The van der Waals surface area contributed by atoms with Gasteiger partial charge in [-0.2, -0.15) is 0 Å². The van der Waals surface area contributed by atoms with Crippen molar-refractivity contribution in [3.8, 4) is 5.75 Å². The summed E-state index contributed by atoms with van der Waals surface area (Å²) in [5.74, 6) is 0.175. The van der Waals surface area contributed by atoms with Gasteiger partial charge in [-0.15, -0.1) is 0 Å². The van der Waals surface area contributed by atoms with E-state index in [-0.39, 0.29) is 10.8 Å². The van der Waals surface area contributed by atoms with Gasteiger partial charge >= 0.3 is 0 Å². The maximum atomic E-state index is 12.1. The maximum Gasteiger partial charge on any atom is 0.260 e. The van der Waals surface area contributed by atoms with Gasteiger partial charge < -0.3 is 14.8 Å². The summed E-state index contributed by atoms with van der Waals surface area (Å²) >= 11 is 0. The zero-order valence-electron chi connectivity index (χ0n) is 13.7. The Morgan fingerprint density at radius 1 is 1.26 bits per heavy atom. The number of rotatable bonds is 10. The van der Waals surface area contributed by atoms with Gasteiger partial charge in [0.15, 0.2) is 6.10 Å². The van der Waals surface area contributed by atoms with E-state index in [9.17, 15) is 13.2 Å². The van der Waals surface area contributed by atoms with Gasteiger partial charge in [-0.25, -0.2) is 13.1 Å². The van der Waals surface area contributed by atoms with Gasteiger partial charge in [-0.05, 0) is 44.5 Å². The van der Waals surface area contributed by atoms with Crippen LogP contribution in [0.5, 0.6) is 5.75 Å². The molecule has 7 nitrogen and oxygen atoms in total. The molecule has 0 spiro atoms. The number of benzene rings is 1. The minimum absolute atomic E-state index is 0.147. The van der Waals surface area contributed by atoms with Crippen LogP contribution in [0.2, 0.25) is 0 Å². The smallest absolute Gasteiger partial charge is 0.260 e. The van der Waals surface area contributed by atoms with E-state index >= 15 is 0 Å². The van der Waals surface area contributed by atoms with Crippen LogP contribution in [-0.4, -0.2) is 47.2 Å². The van der Waals surface area contributed by atoms with Crippen molar-refractivity contribution >= 4 is 15.9 Å². The number of carbonyl (C=O) groups excluding carboxylic acids is 1. The first-order valence-corrected chi connectivity index (χ1v) is 8.94. The number of sulfonamides is 1. The van der Waals surface area contributed by atoms with Crippen molar-refractivity contribution in [1.29, 1.82) is 0 Å². The Labute approximate surface area is 137 Å². The molecule has 0 aliphatic heterocycles. The number of hydrogen-bond acceptors (Lipinski definition) is 5. The predicted octanol–water partition coefficient (Wildman–Crippen LogP) is 0.905. The molecule has 8 heteroatoms. The van der Waals surface area contributed by atoms with Crippen LogP contribution in [0.3, 0.4) is 0 Å². The number of likely N-dealkylation sites (N-methyl/N-ethyl adjacent to an activating group) is 1. The normalized spacial score (nSPS) is 12.7. The lowest BCUT2D eigenvalue weighted by atomic mass is 10.3. The summed E-state index contributed by atoms with van der Waals surface area (Å²) in [5, 5.41) is 2.48. The second-order valence-electron chi connectivity index (χ2n) is 4.79. The van der Waals surface area contributed by atoms with Gasteiger partial charge in [0.25, 0.3) is 5.91 Å². The van der Waals surface area contributed by atoms with Gasteiger partial charge in [0.2, 0.25) is 10.0 Å². The average Bonchev–Trinajstić information content (AvgIpc) is 2.54. The highest BCUT2D eigenvalue weighted by Gasteiger charge is 2.15. The second-order valence-corrected chi connectivity index (χ2v) is 6.56. The Bertz CT molecular complexity index is 586. The van der Waals surface area contributed by atoms with Crippen molar-refractivity contribution in [1.82, 2.24) is 10.0 Å². The van der Waals surface area contributed by atoms with Gasteiger partial charge in [0.05, 0.1) is 4.90 Å². The summed E-state index contributed by atoms with van der Waals surface area (Å²) in [7, 11) is -2.03. The largest absolute Gasteiger partial charge is 0.481 e. The van der Waals surface area contributed by atoms with E-state index < -0.39 is 16.1 Å². The van der Waals surface area contributed by atoms with E-state index in [0.29, 0.717) is 31.9 Å². The zero-order valence-corrected chi connectivity index (χ0v) is 14.5. The summed E-state index contributed by atoms with van der Waals surface area (Å²) in [6.07, 6.45) is -0.0445. The molecule has 1 atom stereocenters. The van der Waals surface area contributed by atoms with Crippen molar-refractivity contribution in [2.45, 2.75) is 31.3 Å². The van der Waals surface area contributed by atoms with Crippen LogP contribution in [0.4, 0.5) is 0 Å². The fourth-order valence-corrected chi connectivity index (χ4v) is 2.84. The molecule has 130 valence electrons. The molecule has 0 aliphatic carbocycles. The van der Waals surface area contributed by atoms with Crippen molar-refractivity contribution < 1.29 is 22.7 Å². The molecule has 1 amide bonds. The summed E-state index contributed by atoms with van der Waals surface area (Å²) in [6, 6.07) is 5.93. The highest BCUT2D eigenvalue weighted by atomic mass is 32.2. The van der Waals surface area contributed by atoms with Gasteiger partial charge in [-0.3, -0.25) is 4.79 Å². The number of ether oxygens (including phenoxy) is 2. The quantitative estimate of drug-likeness (QED) is 0.615. The molecular weight excluding hydrogens is 320 g/mol. The second kappa shape index (κ2) is 9.49. The molecule has 0 aromatic heterocycles. The van der Waals surface area contributed by atoms with Crippen LogP contribution in [0, 0.1) is 0 Å². The highest BCUT2D eigenvalue weighted by Crippen LogP contribution is 2.17. The van der Waals surface area contributed by atoms with E-state index in [1.54, 1.807) is 6.92 Å². The van der Waals surface area contributed by atoms with Crippen molar-refractivity contribution in [3.63, 3.8) is 0 Å². The third-order valence-electron chi connectivity index (χ3n) is 3.02. The molecule has 2 N–H and O–H groups in total. The fraction of sp³-hybridized carbons (Fsp3) is 0.533. The number of nitrogens with one attached hydrogen (secondary N) is 2. The molecular formula is C15H24N2O5S. The minimum atomic E-state index is -3.55. The molecule has 0 heterocycles. The monoisotopic (exact) mass is 344 g/mol. The maximum absolute atomic E-state index is 12.1. The Morgan fingerprint density at radius 2 is 1.91 bits per heavy atom. The van der Waals surface area contributed by atoms with Crippen LogP contribution >= 0.6 is 0 Å². The van der Waals surface area contributed by atoms with E-state index in [4.69, 9.17) is 9.47 Å². The number of hydrogen-bond donors (Lipinski definition) is 2. The molecule has 0 saturated carbocycles. The van der Waals surface area contributed by atoms with E-state index in [2.05, 4.69) is 10.0 Å². The Balaban J connectivity index is 2.59. The molecule has 1 rings (SSSR count). The molecule has 0 bridgehead atoms. The van der Waals surface area contributed by atoms with Gasteiger partial charge in [0.1, 0.15) is 5.75 Å². The molecule has 0 saturated heterocycles. The third-order valence-corrected chi connectivity index (χ3v) is 4.50. The first-order valence-electron chi connectivity index (χ1n) is 7.46. The molecule has 0 unspecified atom stereocenters. The SMILES string of the molecule is CCOCCCNS(=O)(=O)c1ccc(O[C@H](C)C(=O)NC)cc1. The van der Waals surface area contributed by atoms with Crippen LogP contribution in [-0.2, 0) is 19.6 Å². The van der Waals surface area contributed by atoms with Crippen LogP contribution in [0.1, 0.15) is 20.3 Å².